The van der Waals surface area contributed by atoms with Gasteiger partial charge < -0.3 is 20.7 Å². The highest BCUT2D eigenvalue weighted by atomic mass is 16.5. The van der Waals surface area contributed by atoms with Crippen LogP contribution in [0.15, 0.2) is 24.7 Å². The Balaban J connectivity index is 2.04. The van der Waals surface area contributed by atoms with Crippen LogP contribution in [0.5, 0.6) is 5.75 Å². The van der Waals surface area contributed by atoms with Crippen LogP contribution in [0, 0.1) is 0 Å². The lowest BCUT2D eigenvalue weighted by molar-refractivity contribution is -0.116. The van der Waals surface area contributed by atoms with Crippen LogP contribution in [0.3, 0.4) is 0 Å². The minimum atomic E-state index is -2.75. The Labute approximate surface area is 182 Å². The summed E-state index contributed by atoms with van der Waals surface area (Å²) in [7, 11) is 3.15. The maximum Gasteiger partial charge on any atom is 0.273 e. The molecule has 0 spiro atoms. The van der Waals surface area contributed by atoms with Gasteiger partial charge in [0.25, 0.3) is 5.91 Å². The SMILES string of the molecule is [2H]C([2H])([2H])NC(=O)c1nnc(NC(=O)CCC)cc1Nc1nccc(-c2ncn(C)n2)c1OC. The van der Waals surface area contributed by atoms with Crippen molar-refractivity contribution >= 4 is 29.1 Å². The number of anilines is 3. The van der Waals surface area contributed by atoms with Crippen LogP contribution in [-0.4, -0.2) is 55.8 Å². The van der Waals surface area contributed by atoms with Gasteiger partial charge in [-0.15, -0.1) is 10.2 Å². The van der Waals surface area contributed by atoms with Gasteiger partial charge in [-0.3, -0.25) is 14.3 Å². The summed E-state index contributed by atoms with van der Waals surface area (Å²) in [5, 5.41) is 19.3. The van der Waals surface area contributed by atoms with Gasteiger partial charge in [-0.25, -0.2) is 9.97 Å². The lowest BCUT2D eigenvalue weighted by Gasteiger charge is -2.15. The highest BCUT2D eigenvalue weighted by molar-refractivity contribution is 5.99. The van der Waals surface area contributed by atoms with E-state index in [2.05, 4.69) is 35.9 Å². The molecular formula is C19H23N9O3. The van der Waals surface area contributed by atoms with Crippen LogP contribution >= 0.6 is 0 Å². The monoisotopic (exact) mass is 428 g/mol. The number of rotatable bonds is 8. The normalized spacial score (nSPS) is 12.3. The summed E-state index contributed by atoms with van der Waals surface area (Å²) in [6.07, 6.45) is 3.90. The molecule has 3 aromatic heterocycles. The molecule has 31 heavy (non-hydrogen) atoms. The molecule has 3 heterocycles. The van der Waals surface area contributed by atoms with Crippen LogP contribution in [0.1, 0.15) is 34.4 Å². The second-order valence-corrected chi connectivity index (χ2v) is 6.35. The van der Waals surface area contributed by atoms with E-state index in [4.69, 9.17) is 8.85 Å². The Bertz CT molecular complexity index is 1200. The van der Waals surface area contributed by atoms with Crippen LogP contribution in [-0.2, 0) is 11.8 Å². The van der Waals surface area contributed by atoms with Crippen LogP contribution in [0.25, 0.3) is 11.4 Å². The predicted octanol–water partition coefficient (Wildman–Crippen LogP) is 1.52. The standard InChI is InChI=1S/C19H23N9O3/c1-5-6-14(29)24-13-9-12(15(26-25-13)19(30)20-2)23-18-16(31-4)11(7-8-21-18)17-22-10-28(3)27-17/h7-10H,5-6H2,1-4H3,(H,20,30)(H2,21,23,24,25,29)/i2D3. The van der Waals surface area contributed by atoms with E-state index in [0.29, 0.717) is 17.8 Å². The van der Waals surface area contributed by atoms with Gasteiger partial charge in [0.15, 0.2) is 28.9 Å². The first kappa shape index (κ1) is 17.7. The van der Waals surface area contributed by atoms with E-state index in [0.717, 1.165) is 0 Å². The van der Waals surface area contributed by atoms with Gasteiger partial charge >= 0.3 is 0 Å². The molecule has 12 heteroatoms. The predicted molar refractivity (Wildman–Crippen MR) is 113 cm³/mol. The number of ether oxygens (including phenoxy) is 1. The third-order valence-electron chi connectivity index (χ3n) is 4.07. The zero-order valence-corrected chi connectivity index (χ0v) is 17.1. The quantitative estimate of drug-likeness (QED) is 0.485. The van der Waals surface area contributed by atoms with Crippen molar-refractivity contribution in [2.75, 3.05) is 24.7 Å². The van der Waals surface area contributed by atoms with Crippen LogP contribution in [0.2, 0.25) is 0 Å². The number of hydrogen-bond acceptors (Lipinski definition) is 9. The lowest BCUT2D eigenvalue weighted by atomic mass is 10.2. The first-order valence-corrected chi connectivity index (χ1v) is 9.27. The molecule has 0 aliphatic rings. The number of nitrogens with one attached hydrogen (secondary N) is 3. The van der Waals surface area contributed by atoms with Gasteiger partial charge in [-0.2, -0.15) is 5.10 Å². The summed E-state index contributed by atoms with van der Waals surface area (Å²) in [5.74, 6) is -0.402. The third-order valence-corrected chi connectivity index (χ3v) is 4.07. The molecule has 0 fully saturated rings. The number of carbonyl (C=O) groups excluding carboxylic acids is 2. The summed E-state index contributed by atoms with van der Waals surface area (Å²) in [6, 6.07) is 3.00. The molecule has 3 aromatic rings. The minimum absolute atomic E-state index is 0.0421. The number of hydrogen-bond donors (Lipinski definition) is 3. The minimum Gasteiger partial charge on any atom is -0.492 e. The molecule has 2 amide bonds. The van der Waals surface area contributed by atoms with E-state index in [-0.39, 0.29) is 41.1 Å². The molecule has 0 aliphatic heterocycles. The van der Waals surface area contributed by atoms with Gasteiger partial charge in [0.05, 0.1) is 18.4 Å². The van der Waals surface area contributed by atoms with Gasteiger partial charge in [0.2, 0.25) is 5.91 Å². The number of aryl methyl sites for hydroxylation is 1. The fourth-order valence-corrected chi connectivity index (χ4v) is 2.72. The summed E-state index contributed by atoms with van der Waals surface area (Å²) in [4.78, 5) is 33.0. The Morgan fingerprint density at radius 2 is 2.13 bits per heavy atom. The van der Waals surface area contributed by atoms with Gasteiger partial charge in [-0.05, 0) is 12.5 Å². The molecule has 3 N–H and O–H groups in total. The number of methoxy groups -OCH3 is 1. The van der Waals surface area contributed by atoms with E-state index in [9.17, 15) is 9.59 Å². The lowest BCUT2D eigenvalue weighted by Crippen LogP contribution is -2.22. The van der Waals surface area contributed by atoms with Crippen molar-refractivity contribution in [3.05, 3.63) is 30.4 Å². The van der Waals surface area contributed by atoms with E-state index < -0.39 is 12.9 Å². The summed E-state index contributed by atoms with van der Waals surface area (Å²) >= 11 is 0. The van der Waals surface area contributed by atoms with E-state index in [1.165, 1.54) is 30.4 Å². The summed E-state index contributed by atoms with van der Waals surface area (Å²) in [6.45, 7) is -0.896. The van der Waals surface area contributed by atoms with Crippen LogP contribution < -0.4 is 20.7 Å². The molecule has 0 radical (unpaired) electrons. The number of carbonyl (C=O) groups is 2. The fourth-order valence-electron chi connectivity index (χ4n) is 2.72. The molecule has 3 rings (SSSR count). The molecule has 12 nitrogen and oxygen atoms in total. The molecule has 0 aromatic carbocycles. The zero-order chi connectivity index (χ0) is 24.9. The molecule has 0 aliphatic carbocycles. The number of amides is 2. The van der Waals surface area contributed by atoms with Crippen molar-refractivity contribution in [1.82, 2.24) is 35.3 Å². The Kier molecular flexibility index (Phi) is 5.50. The second kappa shape index (κ2) is 9.61. The molecule has 0 saturated heterocycles. The zero-order valence-electron chi connectivity index (χ0n) is 20.1. The van der Waals surface area contributed by atoms with E-state index >= 15 is 0 Å². The number of nitrogens with zero attached hydrogens (tertiary/aromatic N) is 6. The average molecular weight is 428 g/mol. The Morgan fingerprint density at radius 1 is 1.29 bits per heavy atom. The first-order chi connectivity index (χ1) is 16.1. The average Bonchev–Trinajstić information content (AvgIpc) is 3.18. The molecule has 162 valence electrons. The molecule has 0 unspecified atom stereocenters. The topological polar surface area (TPSA) is 149 Å². The van der Waals surface area contributed by atoms with Crippen molar-refractivity contribution in [2.45, 2.75) is 19.8 Å². The van der Waals surface area contributed by atoms with Crippen molar-refractivity contribution in [1.29, 1.82) is 0 Å². The highest BCUT2D eigenvalue weighted by Gasteiger charge is 2.20. The van der Waals surface area contributed by atoms with E-state index in [1.54, 1.807) is 13.1 Å². The maximum absolute atomic E-state index is 12.6. The van der Waals surface area contributed by atoms with Gasteiger partial charge in [-0.1, -0.05) is 6.92 Å². The van der Waals surface area contributed by atoms with Crippen molar-refractivity contribution in [3.8, 4) is 17.1 Å². The summed E-state index contributed by atoms with van der Waals surface area (Å²) in [5.41, 5.74) is 0.239. The summed E-state index contributed by atoms with van der Waals surface area (Å²) < 4.78 is 28.9. The molecular weight excluding hydrogens is 402 g/mol. The van der Waals surface area contributed by atoms with Gasteiger partial charge in [0, 0.05) is 36.8 Å². The van der Waals surface area contributed by atoms with Crippen LogP contribution in [0.4, 0.5) is 17.3 Å². The molecule has 0 bridgehead atoms. The Hall–Kier alpha value is -4.09. The number of aromatic nitrogens is 6. The smallest absolute Gasteiger partial charge is 0.273 e. The Morgan fingerprint density at radius 3 is 2.81 bits per heavy atom. The molecule has 0 saturated carbocycles. The van der Waals surface area contributed by atoms with Gasteiger partial charge in [0.1, 0.15) is 6.33 Å². The van der Waals surface area contributed by atoms with Crippen molar-refractivity contribution in [3.63, 3.8) is 0 Å². The first-order valence-electron chi connectivity index (χ1n) is 10.8. The molecule has 0 atom stereocenters. The van der Waals surface area contributed by atoms with Crippen molar-refractivity contribution in [2.24, 2.45) is 7.05 Å². The second-order valence-electron chi connectivity index (χ2n) is 6.35. The van der Waals surface area contributed by atoms with Crippen molar-refractivity contribution < 1.29 is 18.4 Å². The third kappa shape index (κ3) is 4.91. The largest absolute Gasteiger partial charge is 0.492 e. The maximum atomic E-state index is 12.6. The number of pyridine rings is 1. The van der Waals surface area contributed by atoms with E-state index in [1.807, 2.05) is 12.2 Å². The fraction of sp³-hybridized carbons (Fsp3) is 0.316. The highest BCUT2D eigenvalue weighted by Crippen LogP contribution is 2.35.